The maximum Gasteiger partial charge on any atom is 0.308 e. The molecule has 0 spiro atoms. The number of anilines is 1. The summed E-state index contributed by atoms with van der Waals surface area (Å²) in [5.41, 5.74) is 3.38. The smallest absolute Gasteiger partial charge is 0.308 e. The minimum atomic E-state index is -0.995. The molecule has 1 N–H and O–H groups in total. The predicted octanol–water partition coefficient (Wildman–Crippen LogP) is 5.41. The number of rotatable bonds is 3. The minimum Gasteiger partial charge on any atom is -0.477 e. The minimum absolute atomic E-state index is 0.174. The first kappa shape index (κ1) is 20.9. The molecule has 0 aliphatic carbocycles. The highest BCUT2D eigenvalue weighted by Gasteiger charge is 2.41. The fourth-order valence-electron chi connectivity index (χ4n) is 4.22. The van der Waals surface area contributed by atoms with E-state index < -0.39 is 5.60 Å². The monoisotopic (exact) mass is 417 g/mol. The van der Waals surface area contributed by atoms with Gasteiger partial charge in [-0.3, -0.25) is 9.59 Å². The second kappa shape index (κ2) is 7.73. The fraction of sp³-hybridized carbons (Fsp3) is 0.308. The molecule has 1 heterocycles. The maximum atomic E-state index is 13.2. The summed E-state index contributed by atoms with van der Waals surface area (Å²) in [6, 6.07) is 13.9. The molecule has 5 nitrogen and oxygen atoms in total. The van der Waals surface area contributed by atoms with Crippen molar-refractivity contribution in [1.29, 1.82) is 0 Å². The summed E-state index contributed by atoms with van der Waals surface area (Å²) in [4.78, 5) is 24.8. The molecule has 160 valence electrons. The second-order valence-corrected chi connectivity index (χ2v) is 8.45. The van der Waals surface area contributed by atoms with Gasteiger partial charge in [0, 0.05) is 24.6 Å². The van der Waals surface area contributed by atoms with Gasteiger partial charge < -0.3 is 14.8 Å². The van der Waals surface area contributed by atoms with Gasteiger partial charge in [-0.25, -0.2) is 0 Å². The molecule has 5 heteroatoms. The largest absolute Gasteiger partial charge is 0.477 e. The molecule has 1 atom stereocenters. The van der Waals surface area contributed by atoms with Crippen LogP contribution >= 0.6 is 0 Å². The van der Waals surface area contributed by atoms with Crippen molar-refractivity contribution in [2.45, 2.75) is 53.1 Å². The van der Waals surface area contributed by atoms with Gasteiger partial charge in [-0.05, 0) is 73.7 Å². The Hall–Kier alpha value is -3.34. The number of esters is 1. The molecule has 1 amide bonds. The van der Waals surface area contributed by atoms with Gasteiger partial charge in [0.1, 0.15) is 11.5 Å². The third-order valence-electron chi connectivity index (χ3n) is 6.22. The van der Waals surface area contributed by atoms with E-state index in [4.69, 9.17) is 9.47 Å². The Morgan fingerprint density at radius 3 is 2.42 bits per heavy atom. The molecule has 1 aliphatic rings. The van der Waals surface area contributed by atoms with Crippen molar-refractivity contribution >= 4 is 28.3 Å². The van der Waals surface area contributed by atoms with Gasteiger partial charge in [-0.1, -0.05) is 30.3 Å². The average molecular weight is 418 g/mol. The van der Waals surface area contributed by atoms with Crippen molar-refractivity contribution in [3.63, 3.8) is 0 Å². The van der Waals surface area contributed by atoms with Gasteiger partial charge >= 0.3 is 5.97 Å². The van der Waals surface area contributed by atoms with E-state index in [1.54, 1.807) is 0 Å². The van der Waals surface area contributed by atoms with Gasteiger partial charge in [0.05, 0.1) is 0 Å². The first-order chi connectivity index (χ1) is 14.7. The molecule has 31 heavy (non-hydrogen) atoms. The lowest BCUT2D eigenvalue weighted by atomic mass is 9.86. The van der Waals surface area contributed by atoms with Crippen LogP contribution in [0.15, 0.2) is 42.5 Å². The van der Waals surface area contributed by atoms with Crippen LogP contribution in [0.3, 0.4) is 0 Å². The third kappa shape index (κ3) is 3.76. The number of hydrogen-bond acceptors (Lipinski definition) is 4. The standard InChI is InChI=1S/C26H27NO4/c1-15-16(2)24-22(17(3)23(15)30-18(4)28)12-13-26(5,31-24)25(29)27-21-11-10-19-8-6-7-9-20(19)14-21/h6-11,14H,12-13H2,1-5H3,(H,27,29). The van der Waals surface area contributed by atoms with E-state index in [9.17, 15) is 9.59 Å². The Morgan fingerprint density at radius 2 is 1.71 bits per heavy atom. The topological polar surface area (TPSA) is 64.6 Å². The van der Waals surface area contributed by atoms with E-state index in [2.05, 4.69) is 5.32 Å². The summed E-state index contributed by atoms with van der Waals surface area (Å²) in [5, 5.41) is 5.22. The number of carbonyl (C=O) groups excluding carboxylic acids is 2. The van der Waals surface area contributed by atoms with E-state index in [1.807, 2.05) is 70.2 Å². The van der Waals surface area contributed by atoms with Crippen LogP contribution in [0.25, 0.3) is 10.8 Å². The van der Waals surface area contributed by atoms with E-state index in [0.717, 1.165) is 38.7 Å². The molecule has 3 aromatic rings. The van der Waals surface area contributed by atoms with Crippen molar-refractivity contribution in [2.24, 2.45) is 0 Å². The summed E-state index contributed by atoms with van der Waals surface area (Å²) in [6.07, 6.45) is 1.19. The lowest BCUT2D eigenvalue weighted by Crippen LogP contribution is -2.48. The van der Waals surface area contributed by atoms with Crippen LogP contribution < -0.4 is 14.8 Å². The Morgan fingerprint density at radius 1 is 1.00 bits per heavy atom. The van der Waals surface area contributed by atoms with Crippen LogP contribution in [0, 0.1) is 20.8 Å². The zero-order chi connectivity index (χ0) is 22.3. The normalized spacial score (nSPS) is 17.6. The van der Waals surface area contributed by atoms with E-state index in [1.165, 1.54) is 6.92 Å². The molecule has 0 fully saturated rings. The molecule has 0 radical (unpaired) electrons. The fourth-order valence-corrected chi connectivity index (χ4v) is 4.22. The summed E-state index contributed by atoms with van der Waals surface area (Å²) < 4.78 is 11.8. The number of nitrogens with one attached hydrogen (secondary N) is 1. The molecule has 0 saturated heterocycles. The van der Waals surface area contributed by atoms with Crippen molar-refractivity contribution in [2.75, 3.05) is 5.32 Å². The highest BCUT2D eigenvalue weighted by Crippen LogP contribution is 2.44. The molecule has 0 bridgehead atoms. The zero-order valence-electron chi connectivity index (χ0n) is 18.6. The number of fused-ring (bicyclic) bond motifs is 2. The molecule has 1 aliphatic heterocycles. The van der Waals surface area contributed by atoms with Crippen molar-refractivity contribution in [3.8, 4) is 11.5 Å². The zero-order valence-corrected chi connectivity index (χ0v) is 18.6. The van der Waals surface area contributed by atoms with Gasteiger partial charge in [0.25, 0.3) is 5.91 Å². The van der Waals surface area contributed by atoms with E-state index in [0.29, 0.717) is 24.3 Å². The lowest BCUT2D eigenvalue weighted by molar-refractivity contribution is -0.132. The molecule has 3 aromatic carbocycles. The molecule has 0 aromatic heterocycles. The van der Waals surface area contributed by atoms with Gasteiger partial charge in [0.15, 0.2) is 5.60 Å². The first-order valence-electron chi connectivity index (χ1n) is 10.5. The van der Waals surface area contributed by atoms with E-state index >= 15 is 0 Å². The average Bonchev–Trinajstić information content (AvgIpc) is 2.75. The number of hydrogen-bond donors (Lipinski definition) is 1. The quantitative estimate of drug-likeness (QED) is 0.457. The molecular weight excluding hydrogens is 390 g/mol. The summed E-state index contributed by atoms with van der Waals surface area (Å²) in [5.74, 6) is 0.791. The number of carbonyl (C=O) groups is 2. The third-order valence-corrected chi connectivity index (χ3v) is 6.22. The van der Waals surface area contributed by atoms with Crippen LogP contribution in [0.1, 0.15) is 42.5 Å². The highest BCUT2D eigenvalue weighted by atomic mass is 16.5. The maximum absolute atomic E-state index is 13.2. The Balaban J connectivity index is 1.63. The van der Waals surface area contributed by atoms with Crippen LogP contribution in [0.4, 0.5) is 5.69 Å². The SMILES string of the molecule is CC(=O)Oc1c(C)c(C)c2c(c1C)CCC(C)(C(=O)Nc1ccc3ccccc3c1)O2. The lowest BCUT2D eigenvalue weighted by Gasteiger charge is -2.36. The van der Waals surface area contributed by atoms with Crippen molar-refractivity contribution < 1.29 is 19.1 Å². The van der Waals surface area contributed by atoms with Crippen LogP contribution in [0.2, 0.25) is 0 Å². The molecule has 1 unspecified atom stereocenters. The van der Waals surface area contributed by atoms with Gasteiger partial charge in [-0.15, -0.1) is 0 Å². The highest BCUT2D eigenvalue weighted by molar-refractivity contribution is 5.99. The Bertz CT molecular complexity index is 1210. The molecule has 4 rings (SSSR count). The number of amides is 1. The van der Waals surface area contributed by atoms with Crippen molar-refractivity contribution in [1.82, 2.24) is 0 Å². The first-order valence-corrected chi connectivity index (χ1v) is 10.5. The Labute approximate surface area is 182 Å². The van der Waals surface area contributed by atoms with Crippen LogP contribution in [-0.4, -0.2) is 17.5 Å². The number of ether oxygens (including phenoxy) is 2. The molecule has 0 saturated carbocycles. The number of benzene rings is 3. The van der Waals surface area contributed by atoms with Crippen molar-refractivity contribution in [3.05, 3.63) is 64.7 Å². The summed E-state index contributed by atoms with van der Waals surface area (Å²) >= 11 is 0. The summed E-state index contributed by atoms with van der Waals surface area (Å²) in [6.45, 7) is 9.01. The summed E-state index contributed by atoms with van der Waals surface area (Å²) in [7, 11) is 0. The van der Waals surface area contributed by atoms with Gasteiger partial charge in [0.2, 0.25) is 0 Å². The van der Waals surface area contributed by atoms with Gasteiger partial charge in [-0.2, -0.15) is 0 Å². The van der Waals surface area contributed by atoms with E-state index in [-0.39, 0.29) is 11.9 Å². The van der Waals surface area contributed by atoms with Crippen LogP contribution in [-0.2, 0) is 16.0 Å². The molecular formula is C26H27NO4. The van der Waals surface area contributed by atoms with Crippen LogP contribution in [0.5, 0.6) is 11.5 Å². The second-order valence-electron chi connectivity index (χ2n) is 8.45. The predicted molar refractivity (Wildman–Crippen MR) is 122 cm³/mol. The Kier molecular flexibility index (Phi) is 5.21.